The summed E-state index contributed by atoms with van der Waals surface area (Å²) in [6.07, 6.45) is 42.8. The number of phosphoric acid groups is 2. The Balaban J connectivity index is 5.25. The number of aliphatic hydroxyl groups is 1. The Kier molecular flexibility index (Phi) is 58.0. The molecule has 510 valence electrons. The summed E-state index contributed by atoms with van der Waals surface area (Å²) in [5.41, 5.74) is 0. The standard InChI is InChI=1S/C67H130O17P2/c1-7-11-13-15-17-19-20-25-33-39-45-51-66(71)83-62(55-77-64(69)49-43-37-31-23-18-16-14-12-8-2)57-81-85(73,74)79-53-61(68)54-80-86(75,76)82-58-63(56-78-65(70)50-44-38-32-28-27-30-36-42-48-60(6)10-4)84-67(72)52-46-40-34-26-22-21-24-29-35-41-47-59(5)9-3/h59-63,68H,7-58H2,1-6H3,(H,73,74)(H,75,76)/t59?,60?,61-,62+,63+/m0/s1. The first kappa shape index (κ1) is 84.1. The SMILES string of the molecule is CCCCCCCCCCCCCC(=O)O[C@H](COC(=O)CCCCCCCCCCC)COP(=O)(O)OC[C@H](O)COP(=O)(O)OC[C@@H](COC(=O)CCCCCCCCCCC(C)CC)OC(=O)CCCCCCCCCCCCC(C)CC. The molecule has 0 aliphatic heterocycles. The molecule has 0 saturated carbocycles. The Morgan fingerprint density at radius 2 is 0.558 bits per heavy atom. The Morgan fingerprint density at radius 3 is 0.826 bits per heavy atom. The summed E-state index contributed by atoms with van der Waals surface area (Å²) in [7, 11) is -9.89. The molecule has 0 saturated heterocycles. The largest absolute Gasteiger partial charge is 0.472 e. The van der Waals surface area contributed by atoms with Crippen LogP contribution in [0.1, 0.15) is 337 Å². The summed E-state index contributed by atoms with van der Waals surface area (Å²) in [5.74, 6) is -0.549. The molecule has 0 heterocycles. The lowest BCUT2D eigenvalue weighted by atomic mass is 9.99. The zero-order valence-electron chi connectivity index (χ0n) is 55.6. The van der Waals surface area contributed by atoms with E-state index in [9.17, 15) is 43.2 Å². The fourth-order valence-electron chi connectivity index (χ4n) is 10.00. The molecule has 0 fully saturated rings. The van der Waals surface area contributed by atoms with Crippen LogP contribution in [0, 0.1) is 11.8 Å². The van der Waals surface area contributed by atoms with E-state index in [2.05, 4.69) is 41.5 Å². The van der Waals surface area contributed by atoms with Gasteiger partial charge in [0.15, 0.2) is 12.2 Å². The molecule has 19 heteroatoms. The number of hydrogen-bond acceptors (Lipinski definition) is 15. The molecule has 0 aromatic rings. The van der Waals surface area contributed by atoms with Gasteiger partial charge in [0.1, 0.15) is 19.3 Å². The van der Waals surface area contributed by atoms with Crippen LogP contribution in [0.5, 0.6) is 0 Å². The van der Waals surface area contributed by atoms with Gasteiger partial charge < -0.3 is 33.8 Å². The van der Waals surface area contributed by atoms with E-state index in [1.165, 1.54) is 154 Å². The van der Waals surface area contributed by atoms with E-state index >= 15 is 0 Å². The van der Waals surface area contributed by atoms with Crippen LogP contribution in [-0.4, -0.2) is 96.7 Å². The number of phosphoric ester groups is 2. The van der Waals surface area contributed by atoms with Crippen LogP contribution in [-0.2, 0) is 65.4 Å². The summed E-state index contributed by atoms with van der Waals surface area (Å²) < 4.78 is 68.1. The van der Waals surface area contributed by atoms with Crippen molar-refractivity contribution < 1.29 is 80.2 Å². The van der Waals surface area contributed by atoms with Gasteiger partial charge in [-0.3, -0.25) is 37.3 Å². The van der Waals surface area contributed by atoms with Crippen molar-refractivity contribution in [3.8, 4) is 0 Å². The molecule has 7 atom stereocenters. The Hall–Kier alpha value is -1.94. The minimum atomic E-state index is -4.95. The van der Waals surface area contributed by atoms with Gasteiger partial charge in [0, 0.05) is 25.7 Å². The average Bonchev–Trinajstić information content (AvgIpc) is 3.67. The summed E-state index contributed by atoms with van der Waals surface area (Å²) in [6, 6.07) is 0. The van der Waals surface area contributed by atoms with Gasteiger partial charge in [0.05, 0.1) is 26.4 Å². The van der Waals surface area contributed by atoms with Crippen molar-refractivity contribution in [2.75, 3.05) is 39.6 Å². The number of carbonyl (C=O) groups is 4. The smallest absolute Gasteiger partial charge is 0.462 e. The molecule has 86 heavy (non-hydrogen) atoms. The number of rotatable bonds is 66. The highest BCUT2D eigenvalue weighted by Gasteiger charge is 2.30. The highest BCUT2D eigenvalue weighted by atomic mass is 31.2. The lowest BCUT2D eigenvalue weighted by Gasteiger charge is -2.21. The Labute approximate surface area is 524 Å². The van der Waals surface area contributed by atoms with E-state index in [1.54, 1.807) is 0 Å². The Bertz CT molecular complexity index is 1690. The lowest BCUT2D eigenvalue weighted by Crippen LogP contribution is -2.30. The monoisotopic (exact) mass is 1270 g/mol. The Morgan fingerprint density at radius 1 is 0.326 bits per heavy atom. The van der Waals surface area contributed by atoms with Gasteiger partial charge in [0.2, 0.25) is 0 Å². The van der Waals surface area contributed by atoms with Crippen molar-refractivity contribution in [3.05, 3.63) is 0 Å². The van der Waals surface area contributed by atoms with Gasteiger partial charge in [0.25, 0.3) is 0 Å². The second-order valence-corrected chi connectivity index (χ2v) is 27.6. The van der Waals surface area contributed by atoms with Crippen LogP contribution in [0.3, 0.4) is 0 Å². The second kappa shape index (κ2) is 59.4. The molecule has 0 aliphatic rings. The first-order valence-corrected chi connectivity index (χ1v) is 38.1. The second-order valence-electron chi connectivity index (χ2n) is 24.7. The quantitative estimate of drug-likeness (QED) is 0.0222. The predicted octanol–water partition coefficient (Wildman–Crippen LogP) is 18.8. The van der Waals surface area contributed by atoms with E-state index in [0.29, 0.717) is 25.7 Å². The van der Waals surface area contributed by atoms with Crippen LogP contribution in [0.4, 0.5) is 0 Å². The summed E-state index contributed by atoms with van der Waals surface area (Å²) in [6.45, 7) is 9.53. The van der Waals surface area contributed by atoms with Gasteiger partial charge in [-0.15, -0.1) is 0 Å². The highest BCUT2D eigenvalue weighted by molar-refractivity contribution is 7.47. The van der Waals surface area contributed by atoms with Crippen LogP contribution < -0.4 is 0 Å². The van der Waals surface area contributed by atoms with Crippen LogP contribution in [0.2, 0.25) is 0 Å². The fourth-order valence-corrected chi connectivity index (χ4v) is 11.6. The third kappa shape index (κ3) is 58.4. The molecule has 0 spiro atoms. The number of carbonyl (C=O) groups excluding carboxylic acids is 4. The summed E-state index contributed by atoms with van der Waals surface area (Å²) in [5, 5.41) is 10.6. The third-order valence-corrected chi connectivity index (χ3v) is 18.1. The van der Waals surface area contributed by atoms with Crippen molar-refractivity contribution in [2.24, 2.45) is 11.8 Å². The molecule has 0 aliphatic carbocycles. The number of esters is 4. The molecule has 0 bridgehead atoms. The molecule has 3 N–H and O–H groups in total. The average molecular weight is 1270 g/mol. The fraction of sp³-hybridized carbons (Fsp3) is 0.940. The van der Waals surface area contributed by atoms with Crippen LogP contribution in [0.15, 0.2) is 0 Å². The highest BCUT2D eigenvalue weighted by Crippen LogP contribution is 2.45. The van der Waals surface area contributed by atoms with Gasteiger partial charge in [-0.25, -0.2) is 9.13 Å². The molecule has 4 unspecified atom stereocenters. The maximum absolute atomic E-state index is 13.0. The van der Waals surface area contributed by atoms with Gasteiger partial charge in [-0.05, 0) is 37.5 Å². The summed E-state index contributed by atoms with van der Waals surface area (Å²) in [4.78, 5) is 72.4. The van der Waals surface area contributed by atoms with Crippen molar-refractivity contribution >= 4 is 39.5 Å². The van der Waals surface area contributed by atoms with Crippen molar-refractivity contribution in [1.29, 1.82) is 0 Å². The van der Waals surface area contributed by atoms with Gasteiger partial charge in [-0.2, -0.15) is 0 Å². The predicted molar refractivity (Wildman–Crippen MR) is 345 cm³/mol. The van der Waals surface area contributed by atoms with Crippen molar-refractivity contribution in [1.82, 2.24) is 0 Å². The normalized spacial score (nSPS) is 14.8. The van der Waals surface area contributed by atoms with E-state index in [0.717, 1.165) is 102 Å². The maximum atomic E-state index is 13.0. The first-order chi connectivity index (χ1) is 41.4. The number of ether oxygens (including phenoxy) is 4. The molecule has 0 aromatic carbocycles. The topological polar surface area (TPSA) is 237 Å². The van der Waals surface area contributed by atoms with E-state index < -0.39 is 97.5 Å². The van der Waals surface area contributed by atoms with Crippen molar-refractivity contribution in [2.45, 2.75) is 355 Å². The summed E-state index contributed by atoms with van der Waals surface area (Å²) >= 11 is 0. The van der Waals surface area contributed by atoms with E-state index in [1.807, 2.05) is 0 Å². The maximum Gasteiger partial charge on any atom is 0.472 e. The molecular weight excluding hydrogens is 1140 g/mol. The molecule has 0 radical (unpaired) electrons. The van der Waals surface area contributed by atoms with Crippen molar-refractivity contribution in [3.63, 3.8) is 0 Å². The van der Waals surface area contributed by atoms with Crippen LogP contribution in [0.25, 0.3) is 0 Å². The zero-order chi connectivity index (χ0) is 63.6. The molecule has 17 nitrogen and oxygen atoms in total. The first-order valence-electron chi connectivity index (χ1n) is 35.1. The van der Waals surface area contributed by atoms with E-state index in [4.69, 9.17) is 37.0 Å². The molecular formula is C67H130O17P2. The molecule has 0 rings (SSSR count). The zero-order valence-corrected chi connectivity index (χ0v) is 57.4. The number of unbranched alkanes of at least 4 members (excludes halogenated alkanes) is 34. The molecule has 0 aromatic heterocycles. The minimum Gasteiger partial charge on any atom is -0.462 e. The number of hydrogen-bond donors (Lipinski definition) is 3. The number of aliphatic hydroxyl groups excluding tert-OH is 1. The minimum absolute atomic E-state index is 0.106. The third-order valence-electron chi connectivity index (χ3n) is 16.2. The lowest BCUT2D eigenvalue weighted by molar-refractivity contribution is -0.161. The van der Waals surface area contributed by atoms with E-state index in [-0.39, 0.29) is 25.7 Å². The molecule has 0 amide bonds. The van der Waals surface area contributed by atoms with Gasteiger partial charge >= 0.3 is 39.5 Å². The van der Waals surface area contributed by atoms with Gasteiger partial charge in [-0.1, -0.05) is 286 Å². The van der Waals surface area contributed by atoms with Crippen LogP contribution >= 0.6 is 15.6 Å².